The molecular formula is C81H74N4+2. The van der Waals surface area contributed by atoms with Gasteiger partial charge >= 0.3 is 6.67 Å². The Morgan fingerprint density at radius 1 is 0.376 bits per heavy atom. The third-order valence-electron chi connectivity index (χ3n) is 19.4. The van der Waals surface area contributed by atoms with Crippen LogP contribution in [0.4, 0.5) is 22.7 Å². The number of likely N-dealkylation sites (N-methyl/N-ethyl adjacent to an activating group) is 2. The summed E-state index contributed by atoms with van der Waals surface area (Å²) in [6.45, 7) is 14.7. The van der Waals surface area contributed by atoms with Crippen LogP contribution in [0.3, 0.4) is 0 Å². The lowest BCUT2D eigenvalue weighted by atomic mass is 9.72. The van der Waals surface area contributed by atoms with Gasteiger partial charge in [-0.3, -0.25) is 0 Å². The van der Waals surface area contributed by atoms with Crippen LogP contribution in [0.1, 0.15) is 74.9 Å². The number of hydrogen-bond donors (Lipinski definition) is 0. The minimum Gasteiger partial charge on any atom is -0.347 e. The van der Waals surface area contributed by atoms with Crippen molar-refractivity contribution in [1.82, 2.24) is 0 Å². The summed E-state index contributed by atoms with van der Waals surface area (Å²) in [4.78, 5) is 4.90. The number of anilines is 2. The molecule has 0 fully saturated rings. The number of hydrogen-bond acceptors (Lipinski definition) is 2. The van der Waals surface area contributed by atoms with E-state index < -0.39 is 10.8 Å². The molecule has 0 saturated carbocycles. The standard InChI is InChI=1S/C81H74N4/c1-9-51-80(53-56-27-13-11-14-28-56)72(82(7)66-47-43-60-33-19-23-37-64(60)76(66)80)41-25-39-70-78(3,4)74-62-35-21-17-31-58(62)45-49-68(74)84(70)55-85-69-50-46-59-32-18-22-36-63(59)75(69)79(5,6)71(85)40-26-42-73-81(52-10-2,54-57-29-15-12-16-30-57)77-65-38-24-20-34-61(65)44-48-67(77)83(73)8/h9-52H,53-55H2,1-8H3/q+2. The van der Waals surface area contributed by atoms with Crippen LogP contribution in [-0.4, -0.2) is 41.3 Å². The molecule has 10 aromatic carbocycles. The number of allylic oxidation sites excluding steroid dienone is 10. The fourth-order valence-corrected chi connectivity index (χ4v) is 15.8. The molecule has 14 rings (SSSR count). The maximum Gasteiger partial charge on any atom is 0.345 e. The van der Waals surface area contributed by atoms with Gasteiger partial charge in [0.15, 0.2) is 11.4 Å². The van der Waals surface area contributed by atoms with Gasteiger partial charge in [-0.25, -0.2) is 0 Å². The molecule has 4 heterocycles. The molecule has 85 heavy (non-hydrogen) atoms. The predicted molar refractivity (Wildman–Crippen MR) is 361 cm³/mol. The van der Waals surface area contributed by atoms with E-state index in [1.54, 1.807) is 0 Å². The van der Waals surface area contributed by atoms with E-state index in [-0.39, 0.29) is 10.8 Å². The highest BCUT2D eigenvalue weighted by molar-refractivity contribution is 6.09. The van der Waals surface area contributed by atoms with Crippen molar-refractivity contribution in [3.05, 3.63) is 312 Å². The normalized spacial score (nSPS) is 20.6. The molecule has 0 saturated heterocycles. The maximum absolute atomic E-state index is 2.64. The van der Waals surface area contributed by atoms with Gasteiger partial charge in [-0.05, 0) is 156 Å². The molecule has 416 valence electrons. The second kappa shape index (κ2) is 20.7. The molecule has 4 heteroatoms. The summed E-state index contributed by atoms with van der Waals surface area (Å²) in [6.07, 6.45) is 25.5. The Balaban J connectivity index is 0.964. The first-order valence-corrected chi connectivity index (χ1v) is 30.4. The van der Waals surface area contributed by atoms with E-state index in [0.29, 0.717) is 6.67 Å². The van der Waals surface area contributed by atoms with Crippen molar-refractivity contribution < 1.29 is 9.15 Å². The van der Waals surface area contributed by atoms with Gasteiger partial charge in [0.05, 0.1) is 21.7 Å². The van der Waals surface area contributed by atoms with E-state index in [9.17, 15) is 0 Å². The Morgan fingerprint density at radius 3 is 1.07 bits per heavy atom. The molecular weight excluding hydrogens is 1030 g/mol. The van der Waals surface area contributed by atoms with Crippen LogP contribution in [0.5, 0.6) is 0 Å². The van der Waals surface area contributed by atoms with E-state index in [2.05, 4.69) is 342 Å². The fourth-order valence-electron chi connectivity index (χ4n) is 15.8. The molecule has 0 aromatic heterocycles. The summed E-state index contributed by atoms with van der Waals surface area (Å²) in [5.41, 5.74) is 16.5. The van der Waals surface area contributed by atoms with Crippen molar-refractivity contribution in [1.29, 1.82) is 0 Å². The summed E-state index contributed by atoms with van der Waals surface area (Å²) in [5.74, 6) is 0. The topological polar surface area (TPSA) is 12.5 Å². The van der Waals surface area contributed by atoms with Gasteiger partial charge in [-0.1, -0.05) is 206 Å². The largest absolute Gasteiger partial charge is 0.347 e. The number of nitrogens with zero attached hydrogens (tertiary/aromatic N) is 4. The molecule has 0 spiro atoms. The molecule has 2 unspecified atom stereocenters. The first-order chi connectivity index (χ1) is 41.4. The summed E-state index contributed by atoms with van der Waals surface area (Å²) >= 11 is 0. The van der Waals surface area contributed by atoms with Gasteiger partial charge < -0.3 is 9.80 Å². The van der Waals surface area contributed by atoms with Crippen LogP contribution in [0.15, 0.2) is 278 Å². The van der Waals surface area contributed by atoms with Crippen LogP contribution in [-0.2, 0) is 34.5 Å². The molecule has 0 bridgehead atoms. The second-order valence-electron chi connectivity index (χ2n) is 24.9. The third-order valence-corrected chi connectivity index (χ3v) is 19.4. The lowest BCUT2D eigenvalue weighted by Gasteiger charge is -2.31. The number of benzene rings is 10. The zero-order valence-electron chi connectivity index (χ0n) is 50.3. The third kappa shape index (κ3) is 8.39. The van der Waals surface area contributed by atoms with Crippen molar-refractivity contribution in [3.63, 3.8) is 0 Å². The lowest BCUT2D eigenvalue weighted by molar-refractivity contribution is -0.650. The Kier molecular flexibility index (Phi) is 13.1. The van der Waals surface area contributed by atoms with E-state index in [1.165, 1.54) is 122 Å². The quantitative estimate of drug-likeness (QED) is 0.0893. The Morgan fingerprint density at radius 2 is 0.706 bits per heavy atom. The molecule has 10 aromatic rings. The minimum atomic E-state index is -0.420. The highest BCUT2D eigenvalue weighted by Gasteiger charge is 2.52. The monoisotopic (exact) mass is 1100 g/mol. The minimum absolute atomic E-state index is 0.362. The summed E-state index contributed by atoms with van der Waals surface area (Å²) in [7, 11) is 4.52. The summed E-state index contributed by atoms with van der Waals surface area (Å²) in [5, 5.41) is 10.2. The number of fused-ring (bicyclic) bond motifs is 12. The Bertz CT molecular complexity index is 4320. The van der Waals surface area contributed by atoms with Crippen molar-refractivity contribution in [2.75, 3.05) is 30.6 Å². The number of rotatable bonds is 12. The van der Waals surface area contributed by atoms with Crippen molar-refractivity contribution in [2.45, 2.75) is 76.0 Å². The molecule has 4 nitrogen and oxygen atoms in total. The van der Waals surface area contributed by atoms with E-state index in [1.807, 2.05) is 0 Å². The average Bonchev–Trinajstić information content (AvgIpc) is 2.18. The summed E-state index contributed by atoms with van der Waals surface area (Å²) < 4.78 is 5.27. The van der Waals surface area contributed by atoms with Gasteiger partial charge in [0.25, 0.3) is 0 Å². The van der Waals surface area contributed by atoms with Crippen LogP contribution in [0.2, 0.25) is 0 Å². The van der Waals surface area contributed by atoms with Gasteiger partial charge in [-0.15, -0.1) is 9.15 Å². The maximum atomic E-state index is 2.64. The molecule has 2 atom stereocenters. The Labute approximate surface area is 502 Å². The van der Waals surface area contributed by atoms with Gasteiger partial charge in [0.2, 0.25) is 11.4 Å². The molecule has 0 amide bonds. The first kappa shape index (κ1) is 53.6. The zero-order valence-corrected chi connectivity index (χ0v) is 50.3. The van der Waals surface area contributed by atoms with Gasteiger partial charge in [-0.2, -0.15) is 0 Å². The molecule has 4 aliphatic heterocycles. The highest BCUT2D eigenvalue weighted by Crippen LogP contribution is 2.55. The van der Waals surface area contributed by atoms with Crippen LogP contribution >= 0.6 is 0 Å². The van der Waals surface area contributed by atoms with Crippen molar-refractivity contribution in [3.8, 4) is 0 Å². The van der Waals surface area contributed by atoms with Crippen LogP contribution < -0.4 is 9.80 Å². The van der Waals surface area contributed by atoms with Crippen LogP contribution in [0, 0.1) is 0 Å². The molecule has 0 N–H and O–H groups in total. The predicted octanol–water partition coefficient (Wildman–Crippen LogP) is 19.0. The van der Waals surface area contributed by atoms with Gasteiger partial charge in [0, 0.05) is 72.3 Å². The summed E-state index contributed by atoms with van der Waals surface area (Å²) in [6, 6.07) is 76.5. The van der Waals surface area contributed by atoms with E-state index in [0.717, 1.165) is 12.8 Å². The highest BCUT2D eigenvalue weighted by atomic mass is 15.2. The second-order valence-corrected chi connectivity index (χ2v) is 24.9. The van der Waals surface area contributed by atoms with Gasteiger partial charge in [0.1, 0.15) is 0 Å². The van der Waals surface area contributed by atoms with E-state index >= 15 is 0 Å². The lowest BCUT2D eigenvalue weighted by Crippen LogP contribution is -2.33. The Hall–Kier alpha value is -9.38. The molecule has 4 aliphatic rings. The average molecular weight is 1100 g/mol. The van der Waals surface area contributed by atoms with Crippen LogP contribution in [0.25, 0.3) is 43.1 Å². The van der Waals surface area contributed by atoms with E-state index in [4.69, 9.17) is 0 Å². The van der Waals surface area contributed by atoms with Crippen molar-refractivity contribution >= 4 is 77.3 Å². The fraction of sp³-hybridized carbons (Fsp3) is 0.185. The van der Waals surface area contributed by atoms with Crippen molar-refractivity contribution in [2.24, 2.45) is 0 Å². The first-order valence-electron chi connectivity index (χ1n) is 30.4. The zero-order chi connectivity index (χ0) is 58.2. The smallest absolute Gasteiger partial charge is 0.345 e. The SMILES string of the molecule is CC=CC1(Cc2ccccc2)C(=CC=CC2=[N+](C[N+]3=C(C=CC=C4N(C)c5ccc6ccccc6c5C4(C=CC)Cc4ccccc4)C(C)(C)c4c3ccc3ccccc43)c3ccc4ccccc4c3C2(C)C)N(C)c2ccc3ccccc3c21. The molecule has 0 aliphatic carbocycles. The molecule has 0 radical (unpaired) electrons.